The standard InChI is InChI=1S/C24H22N4O4S/c1-4-21-27-28-24(33-21)26-23(30)18(14-25)12-16-10-11-19(20(13-16)31-3)32-15(2)22(29)17-8-6-5-7-9-17/h5-13,15H,4H2,1-3H3,(H,26,28,30). The van der Waals surface area contributed by atoms with Gasteiger partial charge in [0, 0.05) is 5.56 Å². The number of amides is 1. The molecule has 0 aliphatic carbocycles. The maximum atomic E-state index is 12.6. The number of aromatic nitrogens is 2. The number of nitrogens with one attached hydrogen (secondary N) is 1. The first-order chi connectivity index (χ1) is 15.9. The summed E-state index contributed by atoms with van der Waals surface area (Å²) < 4.78 is 11.2. The van der Waals surface area contributed by atoms with Gasteiger partial charge in [-0.05, 0) is 37.1 Å². The SMILES string of the molecule is CCc1nnc(NC(=O)C(C#N)=Cc2ccc(OC(C)C(=O)c3ccccc3)c(OC)c2)s1. The molecule has 1 atom stereocenters. The molecule has 3 rings (SSSR count). The number of ether oxygens (including phenoxy) is 2. The number of Topliss-reactive ketones (excluding diaryl/α,β-unsaturated/α-hetero) is 1. The van der Waals surface area contributed by atoms with E-state index in [9.17, 15) is 14.9 Å². The smallest absolute Gasteiger partial charge is 0.268 e. The summed E-state index contributed by atoms with van der Waals surface area (Å²) in [6.45, 7) is 3.60. The number of anilines is 1. The molecule has 0 bridgehead atoms. The van der Waals surface area contributed by atoms with Crippen molar-refractivity contribution < 1.29 is 19.1 Å². The Morgan fingerprint density at radius 1 is 1.18 bits per heavy atom. The molecule has 8 nitrogen and oxygen atoms in total. The Balaban J connectivity index is 1.76. The van der Waals surface area contributed by atoms with Crippen molar-refractivity contribution >= 4 is 34.2 Å². The van der Waals surface area contributed by atoms with Crippen LogP contribution in [0, 0.1) is 11.3 Å². The maximum Gasteiger partial charge on any atom is 0.268 e. The van der Waals surface area contributed by atoms with E-state index in [-0.39, 0.29) is 11.4 Å². The zero-order chi connectivity index (χ0) is 23.8. The number of ketones is 1. The normalized spacial score (nSPS) is 11.9. The fraction of sp³-hybridized carbons (Fsp3) is 0.208. The van der Waals surface area contributed by atoms with Crippen molar-refractivity contribution in [3.63, 3.8) is 0 Å². The number of rotatable bonds is 9. The van der Waals surface area contributed by atoms with E-state index in [1.165, 1.54) is 24.5 Å². The van der Waals surface area contributed by atoms with E-state index in [1.54, 1.807) is 49.4 Å². The third-order valence-corrected chi connectivity index (χ3v) is 5.57. The largest absolute Gasteiger partial charge is 0.493 e. The maximum absolute atomic E-state index is 12.6. The number of methoxy groups -OCH3 is 1. The van der Waals surface area contributed by atoms with E-state index < -0.39 is 12.0 Å². The fourth-order valence-corrected chi connectivity index (χ4v) is 3.55. The minimum atomic E-state index is -0.733. The average Bonchev–Trinajstić information content (AvgIpc) is 3.30. The Hall–Kier alpha value is -4.03. The topological polar surface area (TPSA) is 114 Å². The van der Waals surface area contributed by atoms with Gasteiger partial charge in [-0.2, -0.15) is 5.26 Å². The number of nitrogens with zero attached hydrogens (tertiary/aromatic N) is 3. The summed E-state index contributed by atoms with van der Waals surface area (Å²) >= 11 is 1.25. The van der Waals surface area contributed by atoms with Crippen molar-refractivity contribution in [1.29, 1.82) is 5.26 Å². The third kappa shape index (κ3) is 6.02. The van der Waals surface area contributed by atoms with Gasteiger partial charge < -0.3 is 9.47 Å². The van der Waals surface area contributed by atoms with Gasteiger partial charge in [-0.25, -0.2) is 0 Å². The Bertz CT molecular complexity index is 1210. The predicted molar refractivity (Wildman–Crippen MR) is 125 cm³/mol. The molecule has 1 unspecified atom stereocenters. The van der Waals surface area contributed by atoms with Crippen molar-refractivity contribution in [3.05, 3.63) is 70.2 Å². The minimum absolute atomic E-state index is 0.105. The highest BCUT2D eigenvalue weighted by molar-refractivity contribution is 7.15. The van der Waals surface area contributed by atoms with Gasteiger partial charge in [-0.1, -0.05) is 54.7 Å². The van der Waals surface area contributed by atoms with Crippen LogP contribution in [0.5, 0.6) is 11.5 Å². The second-order valence-corrected chi connectivity index (χ2v) is 7.94. The lowest BCUT2D eigenvalue weighted by atomic mass is 10.1. The molecule has 9 heteroatoms. The van der Waals surface area contributed by atoms with E-state index in [4.69, 9.17) is 9.47 Å². The lowest BCUT2D eigenvalue weighted by molar-refractivity contribution is -0.112. The van der Waals surface area contributed by atoms with Crippen LogP contribution in [0.1, 0.15) is 34.8 Å². The summed E-state index contributed by atoms with van der Waals surface area (Å²) in [5.41, 5.74) is 1.00. The van der Waals surface area contributed by atoms with Crippen LogP contribution in [0.3, 0.4) is 0 Å². The molecule has 0 aliphatic rings. The predicted octanol–water partition coefficient (Wildman–Crippen LogP) is 4.30. The number of carbonyl (C=O) groups is 2. The van der Waals surface area contributed by atoms with Crippen molar-refractivity contribution in [3.8, 4) is 17.6 Å². The molecule has 0 saturated heterocycles. The summed E-state index contributed by atoms with van der Waals surface area (Å²) in [6.07, 6.45) is 1.41. The minimum Gasteiger partial charge on any atom is -0.493 e. The molecule has 2 aromatic carbocycles. The molecule has 33 heavy (non-hydrogen) atoms. The van der Waals surface area contributed by atoms with Crippen LogP contribution in [0.2, 0.25) is 0 Å². The Morgan fingerprint density at radius 2 is 1.94 bits per heavy atom. The first kappa shape index (κ1) is 23.6. The Labute approximate surface area is 195 Å². The molecule has 0 aliphatic heterocycles. The number of aryl methyl sites for hydroxylation is 1. The Kier molecular flexibility index (Phi) is 7.89. The number of nitriles is 1. The summed E-state index contributed by atoms with van der Waals surface area (Å²) in [6, 6.07) is 15.7. The van der Waals surface area contributed by atoms with Gasteiger partial charge in [0.1, 0.15) is 16.6 Å². The van der Waals surface area contributed by atoms with Crippen LogP contribution in [0.4, 0.5) is 5.13 Å². The van der Waals surface area contributed by atoms with Crippen LogP contribution < -0.4 is 14.8 Å². The number of hydrogen-bond donors (Lipinski definition) is 1. The highest BCUT2D eigenvalue weighted by Gasteiger charge is 2.19. The first-order valence-electron chi connectivity index (χ1n) is 10.1. The van der Waals surface area contributed by atoms with E-state index >= 15 is 0 Å². The molecule has 3 aromatic rings. The fourth-order valence-electron chi connectivity index (χ4n) is 2.88. The van der Waals surface area contributed by atoms with E-state index in [0.29, 0.717) is 34.2 Å². The zero-order valence-corrected chi connectivity index (χ0v) is 19.2. The first-order valence-corrected chi connectivity index (χ1v) is 11.0. The molecule has 0 spiro atoms. The van der Waals surface area contributed by atoms with Crippen LogP contribution in [0.25, 0.3) is 6.08 Å². The van der Waals surface area contributed by atoms with E-state index in [0.717, 1.165) is 5.01 Å². The third-order valence-electron chi connectivity index (χ3n) is 4.58. The number of carbonyl (C=O) groups excluding carboxylic acids is 2. The van der Waals surface area contributed by atoms with Crippen molar-refractivity contribution in [2.45, 2.75) is 26.4 Å². The lowest BCUT2D eigenvalue weighted by Crippen LogP contribution is -2.24. The van der Waals surface area contributed by atoms with Crippen LogP contribution in [-0.2, 0) is 11.2 Å². The van der Waals surface area contributed by atoms with Gasteiger partial charge in [0.25, 0.3) is 5.91 Å². The molecular weight excluding hydrogens is 440 g/mol. The highest BCUT2D eigenvalue weighted by atomic mass is 32.1. The quantitative estimate of drug-likeness (QED) is 0.286. The Morgan fingerprint density at radius 3 is 2.58 bits per heavy atom. The van der Waals surface area contributed by atoms with Crippen LogP contribution >= 0.6 is 11.3 Å². The number of benzene rings is 2. The molecule has 1 aromatic heterocycles. The van der Waals surface area contributed by atoms with Crippen LogP contribution in [0.15, 0.2) is 54.1 Å². The molecule has 0 radical (unpaired) electrons. The second-order valence-electron chi connectivity index (χ2n) is 6.88. The second kappa shape index (κ2) is 11.0. The summed E-state index contributed by atoms with van der Waals surface area (Å²) in [4.78, 5) is 25.0. The van der Waals surface area contributed by atoms with Gasteiger partial charge in [-0.3, -0.25) is 14.9 Å². The summed E-state index contributed by atoms with van der Waals surface area (Å²) in [5.74, 6) is -0.00753. The molecule has 1 heterocycles. The number of hydrogen-bond acceptors (Lipinski definition) is 8. The van der Waals surface area contributed by atoms with E-state index in [2.05, 4.69) is 15.5 Å². The van der Waals surface area contributed by atoms with Gasteiger partial charge in [-0.15, -0.1) is 10.2 Å². The molecule has 0 fully saturated rings. The highest BCUT2D eigenvalue weighted by Crippen LogP contribution is 2.30. The lowest BCUT2D eigenvalue weighted by Gasteiger charge is -2.16. The van der Waals surface area contributed by atoms with Crippen LogP contribution in [-0.4, -0.2) is 35.1 Å². The van der Waals surface area contributed by atoms with Crippen molar-refractivity contribution in [2.24, 2.45) is 0 Å². The summed E-state index contributed by atoms with van der Waals surface area (Å²) in [5, 5.41) is 21.0. The molecular formula is C24H22N4O4S. The van der Waals surface area contributed by atoms with Crippen molar-refractivity contribution in [1.82, 2.24) is 10.2 Å². The molecule has 1 amide bonds. The average molecular weight is 463 g/mol. The molecule has 1 N–H and O–H groups in total. The molecule has 168 valence electrons. The van der Waals surface area contributed by atoms with Gasteiger partial charge in [0.2, 0.25) is 10.9 Å². The summed E-state index contributed by atoms with van der Waals surface area (Å²) in [7, 11) is 1.47. The zero-order valence-electron chi connectivity index (χ0n) is 18.4. The van der Waals surface area contributed by atoms with Crippen molar-refractivity contribution in [2.75, 3.05) is 12.4 Å². The monoisotopic (exact) mass is 462 g/mol. The molecule has 0 saturated carbocycles. The van der Waals surface area contributed by atoms with E-state index in [1.807, 2.05) is 19.1 Å². The van der Waals surface area contributed by atoms with Gasteiger partial charge >= 0.3 is 0 Å². The van der Waals surface area contributed by atoms with Gasteiger partial charge in [0.05, 0.1) is 7.11 Å². The van der Waals surface area contributed by atoms with Gasteiger partial charge in [0.15, 0.2) is 17.6 Å².